The number of carbonyl (C=O) groups excluding carboxylic acids is 2. The maximum atomic E-state index is 13.8. The van der Waals surface area contributed by atoms with Gasteiger partial charge in [-0.25, -0.2) is 18.4 Å². The number of ether oxygens (including phenoxy) is 2. The number of hydrogen-bond acceptors (Lipinski definition) is 4. The number of esters is 1. The van der Waals surface area contributed by atoms with Gasteiger partial charge in [-0.1, -0.05) is 48.5 Å². The maximum absolute atomic E-state index is 13.8. The molecule has 0 saturated heterocycles. The predicted molar refractivity (Wildman–Crippen MR) is 120 cm³/mol. The van der Waals surface area contributed by atoms with E-state index in [0.717, 1.165) is 22.3 Å². The van der Waals surface area contributed by atoms with E-state index >= 15 is 0 Å². The molecule has 2 aromatic carbocycles. The van der Waals surface area contributed by atoms with E-state index in [1.165, 1.54) is 0 Å². The van der Waals surface area contributed by atoms with Crippen molar-refractivity contribution in [2.45, 2.75) is 63.5 Å². The number of halogens is 2. The molecular formula is C26H29F2NO4. The zero-order chi connectivity index (χ0) is 23.8. The molecular weight excluding hydrogens is 428 g/mol. The number of benzene rings is 2. The van der Waals surface area contributed by atoms with Crippen LogP contribution in [0, 0.1) is 5.92 Å². The molecule has 1 fully saturated rings. The average molecular weight is 458 g/mol. The van der Waals surface area contributed by atoms with Gasteiger partial charge in [0.15, 0.2) is 0 Å². The number of fused-ring (bicyclic) bond motifs is 3. The molecule has 2 aliphatic carbocycles. The number of alkyl halides is 2. The first-order valence-corrected chi connectivity index (χ1v) is 11.3. The van der Waals surface area contributed by atoms with Crippen molar-refractivity contribution in [2.24, 2.45) is 5.92 Å². The van der Waals surface area contributed by atoms with Gasteiger partial charge in [0, 0.05) is 18.8 Å². The van der Waals surface area contributed by atoms with Crippen LogP contribution in [0.2, 0.25) is 0 Å². The van der Waals surface area contributed by atoms with E-state index in [9.17, 15) is 18.4 Å². The predicted octanol–water partition coefficient (Wildman–Crippen LogP) is 5.67. The molecule has 2 atom stereocenters. The number of hydrogen-bond donors (Lipinski definition) is 1. The molecule has 33 heavy (non-hydrogen) atoms. The molecule has 7 heteroatoms. The van der Waals surface area contributed by atoms with Gasteiger partial charge in [-0.15, -0.1) is 0 Å². The molecule has 0 aliphatic heterocycles. The fourth-order valence-corrected chi connectivity index (χ4v) is 4.77. The van der Waals surface area contributed by atoms with Gasteiger partial charge in [-0.2, -0.15) is 0 Å². The summed E-state index contributed by atoms with van der Waals surface area (Å²) in [5.41, 5.74) is 3.51. The van der Waals surface area contributed by atoms with Crippen molar-refractivity contribution >= 4 is 12.1 Å². The lowest BCUT2D eigenvalue weighted by Gasteiger charge is -2.27. The third kappa shape index (κ3) is 5.18. The van der Waals surface area contributed by atoms with Gasteiger partial charge in [-0.05, 0) is 55.4 Å². The Morgan fingerprint density at radius 2 is 1.64 bits per heavy atom. The maximum Gasteiger partial charge on any atom is 0.407 e. The Bertz CT molecular complexity index is 1000. The van der Waals surface area contributed by atoms with Crippen molar-refractivity contribution in [1.29, 1.82) is 0 Å². The second-order valence-corrected chi connectivity index (χ2v) is 9.84. The fraction of sp³-hybridized carbons (Fsp3) is 0.462. The normalized spacial score (nSPS) is 20.0. The quantitative estimate of drug-likeness (QED) is 0.588. The molecule has 0 aromatic heterocycles. The highest BCUT2D eigenvalue weighted by Gasteiger charge is 2.46. The van der Waals surface area contributed by atoms with Gasteiger partial charge in [0.2, 0.25) is 5.92 Å². The van der Waals surface area contributed by atoms with Gasteiger partial charge in [0.05, 0.1) is 0 Å². The molecule has 1 amide bonds. The standard InChI is InChI=1S/C26H29F2NO4/c1-25(2,3)33-23(30)22(16-12-13-26(27,28)14-16)29-24(31)32-15-21-19-10-6-4-8-17(19)18-9-5-7-11-20(18)21/h4-11,16,21-22H,12-15H2,1-3H3,(H,29,31)/t16?,22-/m0/s1. The molecule has 5 nitrogen and oxygen atoms in total. The highest BCUT2D eigenvalue weighted by molar-refractivity contribution is 5.82. The van der Waals surface area contributed by atoms with E-state index in [2.05, 4.69) is 5.32 Å². The van der Waals surface area contributed by atoms with Crippen LogP contribution >= 0.6 is 0 Å². The van der Waals surface area contributed by atoms with Crippen LogP contribution in [-0.4, -0.2) is 36.2 Å². The van der Waals surface area contributed by atoms with Crippen molar-refractivity contribution < 1.29 is 27.8 Å². The minimum atomic E-state index is -2.85. The Morgan fingerprint density at radius 3 is 2.15 bits per heavy atom. The second-order valence-electron chi connectivity index (χ2n) is 9.84. The van der Waals surface area contributed by atoms with Crippen molar-refractivity contribution in [1.82, 2.24) is 5.32 Å². The monoisotopic (exact) mass is 457 g/mol. The first-order valence-electron chi connectivity index (χ1n) is 11.3. The largest absolute Gasteiger partial charge is 0.458 e. The number of alkyl carbamates (subject to hydrolysis) is 1. The van der Waals surface area contributed by atoms with Gasteiger partial charge in [-0.3, -0.25) is 0 Å². The molecule has 0 heterocycles. The number of nitrogens with one attached hydrogen (secondary N) is 1. The molecule has 0 spiro atoms. The van der Waals surface area contributed by atoms with Crippen molar-refractivity contribution in [2.75, 3.05) is 6.61 Å². The van der Waals surface area contributed by atoms with Crippen LogP contribution in [0.15, 0.2) is 48.5 Å². The molecule has 4 rings (SSSR count). The summed E-state index contributed by atoms with van der Waals surface area (Å²) in [7, 11) is 0. The van der Waals surface area contributed by atoms with Gasteiger partial charge in [0.25, 0.3) is 0 Å². The van der Waals surface area contributed by atoms with Crippen LogP contribution < -0.4 is 5.32 Å². The zero-order valence-electron chi connectivity index (χ0n) is 19.1. The minimum Gasteiger partial charge on any atom is -0.458 e. The summed E-state index contributed by atoms with van der Waals surface area (Å²) in [6.07, 6.45) is -1.48. The van der Waals surface area contributed by atoms with Crippen LogP contribution in [0.3, 0.4) is 0 Å². The third-order valence-corrected chi connectivity index (χ3v) is 6.19. The van der Waals surface area contributed by atoms with E-state index in [4.69, 9.17) is 9.47 Å². The van der Waals surface area contributed by atoms with Gasteiger partial charge >= 0.3 is 12.1 Å². The fourth-order valence-electron chi connectivity index (χ4n) is 4.77. The summed E-state index contributed by atoms with van der Waals surface area (Å²) in [6.45, 7) is 5.15. The highest BCUT2D eigenvalue weighted by atomic mass is 19.3. The smallest absolute Gasteiger partial charge is 0.407 e. The minimum absolute atomic E-state index is 0.0712. The molecule has 1 unspecified atom stereocenters. The molecule has 2 aliphatic rings. The summed E-state index contributed by atoms with van der Waals surface area (Å²) in [5, 5.41) is 2.52. The summed E-state index contributed by atoms with van der Waals surface area (Å²) in [6, 6.07) is 14.7. The Hall–Kier alpha value is -2.96. The van der Waals surface area contributed by atoms with Gasteiger partial charge < -0.3 is 14.8 Å². The summed E-state index contributed by atoms with van der Waals surface area (Å²) in [4.78, 5) is 25.4. The first kappa shape index (κ1) is 23.2. The summed E-state index contributed by atoms with van der Waals surface area (Å²) in [5.74, 6) is -4.43. The van der Waals surface area contributed by atoms with E-state index in [-0.39, 0.29) is 25.4 Å². The topological polar surface area (TPSA) is 64.6 Å². The van der Waals surface area contributed by atoms with Crippen LogP contribution in [-0.2, 0) is 14.3 Å². The lowest BCUT2D eigenvalue weighted by atomic mass is 9.97. The van der Waals surface area contributed by atoms with Crippen LogP contribution in [0.5, 0.6) is 0 Å². The zero-order valence-corrected chi connectivity index (χ0v) is 19.1. The average Bonchev–Trinajstić information content (AvgIpc) is 3.26. The van der Waals surface area contributed by atoms with Crippen LogP contribution in [0.1, 0.15) is 57.1 Å². The Balaban J connectivity index is 1.46. The number of rotatable bonds is 5. The molecule has 176 valence electrons. The van der Waals surface area contributed by atoms with E-state index in [1.54, 1.807) is 20.8 Å². The van der Waals surface area contributed by atoms with E-state index < -0.39 is 42.0 Å². The van der Waals surface area contributed by atoms with Crippen molar-refractivity contribution in [3.05, 3.63) is 59.7 Å². The molecule has 1 N–H and O–H groups in total. The van der Waals surface area contributed by atoms with Crippen molar-refractivity contribution in [3.8, 4) is 11.1 Å². The molecule has 0 bridgehead atoms. The molecule has 1 saturated carbocycles. The number of carbonyl (C=O) groups is 2. The summed E-state index contributed by atoms with van der Waals surface area (Å²) >= 11 is 0. The lowest BCUT2D eigenvalue weighted by Crippen LogP contribution is -2.48. The Labute approximate surface area is 192 Å². The van der Waals surface area contributed by atoms with Crippen LogP contribution in [0.4, 0.5) is 13.6 Å². The highest BCUT2D eigenvalue weighted by Crippen LogP contribution is 2.44. The van der Waals surface area contributed by atoms with Crippen LogP contribution in [0.25, 0.3) is 11.1 Å². The SMILES string of the molecule is CC(C)(C)OC(=O)[C@@H](NC(=O)OCC1c2ccccc2-c2ccccc21)C1CCC(F)(F)C1. The van der Waals surface area contributed by atoms with E-state index in [0.29, 0.717) is 0 Å². The third-order valence-electron chi connectivity index (χ3n) is 6.19. The molecule has 0 radical (unpaired) electrons. The first-order chi connectivity index (χ1) is 15.5. The van der Waals surface area contributed by atoms with E-state index in [1.807, 2.05) is 48.5 Å². The number of amides is 1. The second kappa shape index (κ2) is 8.76. The Morgan fingerprint density at radius 1 is 1.06 bits per heavy atom. The lowest BCUT2D eigenvalue weighted by molar-refractivity contribution is -0.159. The van der Waals surface area contributed by atoms with Crippen molar-refractivity contribution in [3.63, 3.8) is 0 Å². The summed E-state index contributed by atoms with van der Waals surface area (Å²) < 4.78 is 38.6. The Kier molecular flexibility index (Phi) is 6.16. The van der Waals surface area contributed by atoms with Gasteiger partial charge in [0.1, 0.15) is 18.2 Å². The molecule has 2 aromatic rings.